The van der Waals surface area contributed by atoms with Crippen molar-refractivity contribution in [2.75, 3.05) is 0 Å². The van der Waals surface area contributed by atoms with Crippen LogP contribution in [0.3, 0.4) is 0 Å². The summed E-state index contributed by atoms with van der Waals surface area (Å²) in [7, 11) is 0. The van der Waals surface area contributed by atoms with Crippen molar-refractivity contribution in [2.24, 2.45) is 5.73 Å². The Morgan fingerprint density at radius 1 is 1.22 bits per heavy atom. The van der Waals surface area contributed by atoms with Gasteiger partial charge in [-0.25, -0.2) is 4.39 Å². The van der Waals surface area contributed by atoms with Gasteiger partial charge in [-0.05, 0) is 42.0 Å². The monoisotopic (exact) mass is 327 g/mol. The van der Waals surface area contributed by atoms with Crippen molar-refractivity contribution < 1.29 is 9.18 Å². The largest absolute Gasteiger partial charge is 0.366 e. The van der Waals surface area contributed by atoms with Gasteiger partial charge >= 0.3 is 0 Å². The third-order valence-electron chi connectivity index (χ3n) is 2.42. The minimum absolute atomic E-state index is 0.304. The van der Waals surface area contributed by atoms with Crippen LogP contribution in [-0.2, 0) is 0 Å². The first kappa shape index (κ1) is 13.1. The topological polar surface area (TPSA) is 43.1 Å². The number of rotatable bonds is 2. The van der Waals surface area contributed by atoms with Crippen molar-refractivity contribution in [3.05, 3.63) is 57.3 Å². The van der Waals surface area contributed by atoms with Crippen LogP contribution in [0.4, 0.5) is 4.39 Å². The van der Waals surface area contributed by atoms with E-state index in [0.29, 0.717) is 26.2 Å². The molecule has 2 rings (SSSR count). The summed E-state index contributed by atoms with van der Waals surface area (Å²) in [6.45, 7) is 0. The van der Waals surface area contributed by atoms with Crippen LogP contribution in [0.15, 0.2) is 40.9 Å². The van der Waals surface area contributed by atoms with E-state index in [0.717, 1.165) is 0 Å². The van der Waals surface area contributed by atoms with Crippen LogP contribution in [0.2, 0.25) is 5.02 Å². The number of hydrogen-bond donors (Lipinski definition) is 1. The Morgan fingerprint density at radius 2 is 1.94 bits per heavy atom. The van der Waals surface area contributed by atoms with E-state index in [1.807, 2.05) is 0 Å². The quantitative estimate of drug-likeness (QED) is 0.889. The van der Waals surface area contributed by atoms with Gasteiger partial charge < -0.3 is 5.73 Å². The van der Waals surface area contributed by atoms with Crippen LogP contribution < -0.4 is 5.73 Å². The van der Waals surface area contributed by atoms with Gasteiger partial charge in [-0.1, -0.05) is 27.5 Å². The van der Waals surface area contributed by atoms with Crippen LogP contribution in [0, 0.1) is 5.82 Å². The molecule has 5 heteroatoms. The summed E-state index contributed by atoms with van der Waals surface area (Å²) in [5, 5.41) is 0.423. The predicted octanol–water partition coefficient (Wildman–Crippen LogP) is 4.01. The average Bonchev–Trinajstić information content (AvgIpc) is 2.31. The van der Waals surface area contributed by atoms with E-state index in [9.17, 15) is 9.18 Å². The Hall–Kier alpha value is -1.39. The van der Waals surface area contributed by atoms with E-state index in [4.69, 9.17) is 17.3 Å². The normalized spacial score (nSPS) is 10.4. The average molecular weight is 329 g/mol. The highest BCUT2D eigenvalue weighted by atomic mass is 79.9. The molecule has 0 aliphatic rings. The summed E-state index contributed by atoms with van der Waals surface area (Å²) < 4.78 is 14.4. The molecule has 0 aliphatic heterocycles. The van der Waals surface area contributed by atoms with E-state index in [-0.39, 0.29) is 0 Å². The second-order valence-electron chi connectivity index (χ2n) is 3.72. The van der Waals surface area contributed by atoms with Crippen molar-refractivity contribution in [3.8, 4) is 11.1 Å². The minimum Gasteiger partial charge on any atom is -0.366 e. The summed E-state index contributed by atoms with van der Waals surface area (Å²) in [4.78, 5) is 11.2. The molecule has 2 aromatic rings. The van der Waals surface area contributed by atoms with Gasteiger partial charge in [0.2, 0.25) is 5.91 Å². The lowest BCUT2D eigenvalue weighted by Crippen LogP contribution is -2.10. The first-order valence-electron chi connectivity index (χ1n) is 5.03. The third-order valence-corrected chi connectivity index (χ3v) is 3.11. The lowest BCUT2D eigenvalue weighted by atomic mass is 10.0. The number of amides is 1. The molecule has 0 saturated heterocycles. The van der Waals surface area contributed by atoms with Crippen molar-refractivity contribution in [3.63, 3.8) is 0 Å². The van der Waals surface area contributed by atoms with Crippen LogP contribution in [-0.4, -0.2) is 5.91 Å². The Kier molecular flexibility index (Phi) is 3.68. The van der Waals surface area contributed by atoms with Gasteiger partial charge in [0.05, 0.1) is 0 Å². The smallest absolute Gasteiger partial charge is 0.248 e. The van der Waals surface area contributed by atoms with E-state index < -0.39 is 11.7 Å². The van der Waals surface area contributed by atoms with Crippen molar-refractivity contribution >= 4 is 33.4 Å². The lowest BCUT2D eigenvalue weighted by Gasteiger charge is -2.07. The fraction of sp³-hybridized carbons (Fsp3) is 0. The molecular formula is C13H8BrClFNO. The molecule has 2 N–H and O–H groups in total. The van der Waals surface area contributed by atoms with Crippen molar-refractivity contribution in [1.82, 2.24) is 0 Å². The number of nitrogens with two attached hydrogens (primary N) is 1. The molecule has 0 aliphatic carbocycles. The van der Waals surface area contributed by atoms with Crippen molar-refractivity contribution in [2.45, 2.75) is 0 Å². The van der Waals surface area contributed by atoms with Crippen molar-refractivity contribution in [1.29, 1.82) is 0 Å². The van der Waals surface area contributed by atoms with Gasteiger partial charge in [0.1, 0.15) is 5.82 Å². The molecule has 18 heavy (non-hydrogen) atoms. The van der Waals surface area contributed by atoms with Crippen LogP contribution in [0.1, 0.15) is 10.4 Å². The maximum absolute atomic E-state index is 13.7. The fourth-order valence-electron chi connectivity index (χ4n) is 1.61. The molecule has 0 aromatic heterocycles. The van der Waals surface area contributed by atoms with Crippen LogP contribution in [0.25, 0.3) is 11.1 Å². The molecule has 2 aromatic carbocycles. The molecule has 0 unspecified atom stereocenters. The standard InChI is InChI=1S/C13H8BrClFNO/c14-9-4-7(3-8(5-9)13(17)18)11-6-10(15)1-2-12(11)16/h1-6H,(H2,17,18). The number of carbonyl (C=O) groups excluding carboxylic acids is 1. The highest BCUT2D eigenvalue weighted by Gasteiger charge is 2.10. The summed E-state index contributed by atoms with van der Waals surface area (Å²) in [5.41, 5.74) is 6.39. The Balaban J connectivity index is 2.63. The maximum Gasteiger partial charge on any atom is 0.248 e. The van der Waals surface area contributed by atoms with E-state index in [1.54, 1.807) is 12.1 Å². The zero-order chi connectivity index (χ0) is 13.3. The molecule has 0 atom stereocenters. The molecular weight excluding hydrogens is 321 g/mol. The molecule has 0 radical (unpaired) electrons. The zero-order valence-corrected chi connectivity index (χ0v) is 11.4. The van der Waals surface area contributed by atoms with E-state index in [1.165, 1.54) is 24.3 Å². The summed E-state index contributed by atoms with van der Waals surface area (Å²) in [6.07, 6.45) is 0. The first-order chi connectivity index (χ1) is 8.47. The molecule has 0 heterocycles. The lowest BCUT2D eigenvalue weighted by molar-refractivity contribution is 0.100. The first-order valence-corrected chi connectivity index (χ1v) is 6.20. The molecule has 0 spiro atoms. The maximum atomic E-state index is 13.7. The van der Waals surface area contributed by atoms with Gasteiger partial charge in [0.25, 0.3) is 0 Å². The van der Waals surface area contributed by atoms with Gasteiger partial charge in [-0.2, -0.15) is 0 Å². The number of carbonyl (C=O) groups is 1. The van der Waals surface area contributed by atoms with E-state index >= 15 is 0 Å². The molecule has 0 bridgehead atoms. The molecule has 92 valence electrons. The van der Waals surface area contributed by atoms with Crippen LogP contribution in [0.5, 0.6) is 0 Å². The van der Waals surface area contributed by atoms with Crippen LogP contribution >= 0.6 is 27.5 Å². The SMILES string of the molecule is NC(=O)c1cc(Br)cc(-c2cc(Cl)ccc2F)c1. The molecule has 0 fully saturated rings. The highest BCUT2D eigenvalue weighted by Crippen LogP contribution is 2.29. The number of primary amides is 1. The zero-order valence-electron chi connectivity index (χ0n) is 9.08. The summed E-state index contributed by atoms with van der Waals surface area (Å²) >= 11 is 9.10. The second kappa shape index (κ2) is 5.08. The Bertz CT molecular complexity index is 630. The van der Waals surface area contributed by atoms with Gasteiger partial charge in [0, 0.05) is 20.6 Å². The predicted molar refractivity (Wildman–Crippen MR) is 73.1 cm³/mol. The summed E-state index contributed by atoms with van der Waals surface area (Å²) in [6, 6.07) is 9.05. The third kappa shape index (κ3) is 2.71. The highest BCUT2D eigenvalue weighted by molar-refractivity contribution is 9.10. The number of halogens is 3. The van der Waals surface area contributed by atoms with E-state index in [2.05, 4.69) is 15.9 Å². The molecule has 1 amide bonds. The van der Waals surface area contributed by atoms with Gasteiger partial charge in [-0.3, -0.25) is 4.79 Å². The summed E-state index contributed by atoms with van der Waals surface area (Å²) in [5.74, 6) is -0.979. The van der Waals surface area contributed by atoms with Gasteiger partial charge in [0.15, 0.2) is 0 Å². The second-order valence-corrected chi connectivity index (χ2v) is 5.07. The molecule has 2 nitrogen and oxygen atoms in total. The van der Waals surface area contributed by atoms with Gasteiger partial charge in [-0.15, -0.1) is 0 Å². The fourth-order valence-corrected chi connectivity index (χ4v) is 2.27. The Labute approximate surface area is 117 Å². The number of hydrogen-bond acceptors (Lipinski definition) is 1. The number of benzene rings is 2. The minimum atomic E-state index is -0.569. The molecule has 0 saturated carbocycles. The Morgan fingerprint density at radius 3 is 2.61 bits per heavy atom.